The van der Waals surface area contributed by atoms with E-state index in [0.29, 0.717) is 0 Å². The Morgan fingerprint density at radius 1 is 1.27 bits per heavy atom. The smallest absolute Gasteiger partial charge is 0.258 e. The predicted octanol–water partition coefficient (Wildman–Crippen LogP) is 0.845. The zero-order valence-corrected chi connectivity index (χ0v) is 9.06. The summed E-state index contributed by atoms with van der Waals surface area (Å²) in [7, 11) is -1.11. The van der Waals surface area contributed by atoms with Crippen molar-refractivity contribution in [1.29, 1.82) is 0 Å². The minimum atomic E-state index is -3.76. The summed E-state index contributed by atoms with van der Waals surface area (Å²) in [5.41, 5.74) is -0.411. The molecule has 0 saturated carbocycles. The fourth-order valence-electron chi connectivity index (χ4n) is 1.02. The van der Waals surface area contributed by atoms with Crippen LogP contribution in [0.2, 0.25) is 0 Å². The van der Waals surface area contributed by atoms with Crippen LogP contribution in [0, 0.1) is 10.1 Å². The third-order valence-electron chi connectivity index (χ3n) is 1.82. The topological polar surface area (TPSA) is 80.5 Å². The van der Waals surface area contributed by atoms with Crippen LogP contribution in [-0.2, 0) is 10.0 Å². The van der Waals surface area contributed by atoms with Crippen LogP contribution in [0.4, 0.5) is 5.69 Å². The minimum absolute atomic E-state index is 0.292. The van der Waals surface area contributed by atoms with Crippen LogP contribution >= 0.6 is 0 Å². The number of nitro benzene ring substituents is 1. The SMILES string of the molecule is CN(C)S(=O)(=O)c1ccccc1[N+](=O)[O-]. The normalized spacial score (nSPS) is 11.7. The van der Waals surface area contributed by atoms with Crippen molar-refractivity contribution in [3.05, 3.63) is 34.4 Å². The van der Waals surface area contributed by atoms with E-state index >= 15 is 0 Å². The van der Waals surface area contributed by atoms with Crippen molar-refractivity contribution in [2.24, 2.45) is 0 Å². The summed E-state index contributed by atoms with van der Waals surface area (Å²) in [6.45, 7) is 0. The molecule has 0 aliphatic heterocycles. The monoisotopic (exact) mass is 230 g/mol. The van der Waals surface area contributed by atoms with Gasteiger partial charge in [-0.25, -0.2) is 12.7 Å². The first-order chi connectivity index (χ1) is 6.87. The lowest BCUT2D eigenvalue weighted by Crippen LogP contribution is -2.23. The van der Waals surface area contributed by atoms with Crippen molar-refractivity contribution in [1.82, 2.24) is 4.31 Å². The number of benzene rings is 1. The fraction of sp³-hybridized carbons (Fsp3) is 0.250. The molecule has 0 heterocycles. The molecular weight excluding hydrogens is 220 g/mol. The molecule has 0 atom stereocenters. The largest absolute Gasteiger partial charge is 0.289 e. The number of hydrogen-bond acceptors (Lipinski definition) is 4. The molecule has 0 unspecified atom stereocenters. The molecule has 0 saturated heterocycles. The number of nitro groups is 1. The Labute approximate surface area is 87.3 Å². The molecule has 0 fully saturated rings. The first-order valence-electron chi connectivity index (χ1n) is 4.03. The second-order valence-electron chi connectivity index (χ2n) is 3.01. The molecule has 0 spiro atoms. The summed E-state index contributed by atoms with van der Waals surface area (Å²) >= 11 is 0. The molecule has 7 heteroatoms. The summed E-state index contributed by atoms with van der Waals surface area (Å²) in [6, 6.07) is 5.25. The van der Waals surface area contributed by atoms with Crippen molar-refractivity contribution < 1.29 is 13.3 Å². The molecule has 1 aromatic carbocycles. The molecule has 0 bridgehead atoms. The second kappa shape index (κ2) is 3.95. The molecule has 0 aliphatic rings. The van der Waals surface area contributed by atoms with Gasteiger partial charge in [-0.2, -0.15) is 0 Å². The molecule has 0 N–H and O–H groups in total. The van der Waals surface area contributed by atoms with E-state index in [1.807, 2.05) is 0 Å². The molecule has 82 valence electrons. The van der Waals surface area contributed by atoms with E-state index in [1.165, 1.54) is 32.3 Å². The highest BCUT2D eigenvalue weighted by molar-refractivity contribution is 7.89. The van der Waals surface area contributed by atoms with Gasteiger partial charge in [0.15, 0.2) is 4.90 Å². The summed E-state index contributed by atoms with van der Waals surface area (Å²) in [4.78, 5) is 9.61. The highest BCUT2D eigenvalue weighted by Gasteiger charge is 2.26. The van der Waals surface area contributed by atoms with E-state index in [1.54, 1.807) is 0 Å². The van der Waals surface area contributed by atoms with E-state index in [9.17, 15) is 18.5 Å². The van der Waals surface area contributed by atoms with E-state index < -0.39 is 20.6 Å². The highest BCUT2D eigenvalue weighted by atomic mass is 32.2. The quantitative estimate of drug-likeness (QED) is 0.569. The number of rotatable bonds is 3. The third-order valence-corrected chi connectivity index (χ3v) is 3.68. The Balaban J connectivity index is 3.45. The van der Waals surface area contributed by atoms with Crippen LogP contribution in [0.25, 0.3) is 0 Å². The highest BCUT2D eigenvalue weighted by Crippen LogP contribution is 2.24. The van der Waals surface area contributed by atoms with Gasteiger partial charge in [0, 0.05) is 20.2 Å². The van der Waals surface area contributed by atoms with Gasteiger partial charge in [-0.1, -0.05) is 12.1 Å². The van der Waals surface area contributed by atoms with E-state index in [2.05, 4.69) is 0 Å². The first-order valence-corrected chi connectivity index (χ1v) is 5.47. The van der Waals surface area contributed by atoms with E-state index in [4.69, 9.17) is 0 Å². The average molecular weight is 230 g/mol. The van der Waals surface area contributed by atoms with Crippen LogP contribution < -0.4 is 0 Å². The van der Waals surface area contributed by atoms with Crippen molar-refractivity contribution in [2.75, 3.05) is 14.1 Å². The Morgan fingerprint density at radius 2 is 1.80 bits per heavy atom. The maximum Gasteiger partial charge on any atom is 0.289 e. The van der Waals surface area contributed by atoms with Gasteiger partial charge in [0.05, 0.1) is 4.92 Å². The minimum Gasteiger partial charge on any atom is -0.258 e. The Hall–Kier alpha value is -1.47. The Bertz CT molecular complexity index is 481. The maximum absolute atomic E-state index is 11.7. The van der Waals surface area contributed by atoms with Gasteiger partial charge in [0.1, 0.15) is 0 Å². The number of hydrogen-bond donors (Lipinski definition) is 0. The van der Waals surface area contributed by atoms with Crippen LogP contribution in [0.3, 0.4) is 0 Å². The van der Waals surface area contributed by atoms with Gasteiger partial charge >= 0.3 is 0 Å². The van der Waals surface area contributed by atoms with Gasteiger partial charge in [-0.15, -0.1) is 0 Å². The molecule has 1 rings (SSSR count). The number of sulfonamides is 1. The van der Waals surface area contributed by atoms with Crippen LogP contribution in [0.5, 0.6) is 0 Å². The molecular formula is C8H10N2O4S. The van der Waals surface area contributed by atoms with Crippen LogP contribution in [0.1, 0.15) is 0 Å². The fourth-order valence-corrected chi connectivity index (χ4v) is 2.07. The lowest BCUT2D eigenvalue weighted by molar-refractivity contribution is -0.387. The second-order valence-corrected chi connectivity index (χ2v) is 5.13. The molecule has 0 aromatic heterocycles. The molecule has 0 amide bonds. The zero-order chi connectivity index (χ0) is 11.6. The van der Waals surface area contributed by atoms with Gasteiger partial charge in [0.25, 0.3) is 5.69 Å². The van der Waals surface area contributed by atoms with Gasteiger partial charge in [-0.3, -0.25) is 10.1 Å². The van der Waals surface area contributed by atoms with Gasteiger partial charge in [0.2, 0.25) is 10.0 Å². The van der Waals surface area contributed by atoms with Crippen molar-refractivity contribution in [2.45, 2.75) is 4.90 Å². The van der Waals surface area contributed by atoms with Crippen molar-refractivity contribution in [3.8, 4) is 0 Å². The Morgan fingerprint density at radius 3 is 2.27 bits per heavy atom. The van der Waals surface area contributed by atoms with Gasteiger partial charge in [-0.05, 0) is 6.07 Å². The van der Waals surface area contributed by atoms with Gasteiger partial charge < -0.3 is 0 Å². The summed E-state index contributed by atoms with van der Waals surface area (Å²) in [5, 5.41) is 10.6. The van der Waals surface area contributed by atoms with E-state index in [-0.39, 0.29) is 4.90 Å². The molecule has 0 aliphatic carbocycles. The number of para-hydroxylation sites is 1. The number of nitrogens with zero attached hydrogens (tertiary/aromatic N) is 2. The first kappa shape index (κ1) is 11.6. The van der Waals surface area contributed by atoms with Crippen molar-refractivity contribution in [3.63, 3.8) is 0 Å². The lowest BCUT2D eigenvalue weighted by atomic mass is 10.3. The van der Waals surface area contributed by atoms with Crippen LogP contribution in [-0.4, -0.2) is 31.7 Å². The molecule has 6 nitrogen and oxygen atoms in total. The summed E-state index contributed by atoms with van der Waals surface area (Å²) < 4.78 is 24.3. The predicted molar refractivity (Wildman–Crippen MR) is 54.0 cm³/mol. The standard InChI is InChI=1S/C8H10N2O4S/c1-9(2)15(13,14)8-6-4-3-5-7(8)10(11)12/h3-6H,1-2H3. The third kappa shape index (κ3) is 2.13. The van der Waals surface area contributed by atoms with E-state index in [0.717, 1.165) is 10.4 Å². The molecule has 1 aromatic rings. The lowest BCUT2D eigenvalue weighted by Gasteiger charge is -2.10. The summed E-state index contributed by atoms with van der Waals surface area (Å²) in [6.07, 6.45) is 0. The van der Waals surface area contributed by atoms with Crippen molar-refractivity contribution >= 4 is 15.7 Å². The maximum atomic E-state index is 11.7. The molecule has 0 radical (unpaired) electrons. The zero-order valence-electron chi connectivity index (χ0n) is 8.25. The average Bonchev–Trinajstić information content (AvgIpc) is 2.17. The molecule has 15 heavy (non-hydrogen) atoms. The summed E-state index contributed by atoms with van der Waals surface area (Å²) in [5.74, 6) is 0. The van der Waals surface area contributed by atoms with Crippen LogP contribution in [0.15, 0.2) is 29.2 Å². The Kier molecular flexibility index (Phi) is 3.06.